The van der Waals surface area contributed by atoms with Gasteiger partial charge in [0, 0.05) is 6.42 Å². The summed E-state index contributed by atoms with van der Waals surface area (Å²) in [4.78, 5) is 21.7. The van der Waals surface area contributed by atoms with Crippen LogP contribution >= 0.6 is 0 Å². The fourth-order valence-electron chi connectivity index (χ4n) is 0.954. The van der Waals surface area contributed by atoms with Crippen LogP contribution in [-0.4, -0.2) is 12.3 Å². The molecule has 0 radical (unpaired) electrons. The highest BCUT2D eigenvalue weighted by atomic mass is 16.2. The first kappa shape index (κ1) is 10.2. The Bertz CT molecular complexity index is 311. The van der Waals surface area contributed by atoms with Crippen LogP contribution in [0.25, 0.3) is 0 Å². The second-order valence-electron chi connectivity index (χ2n) is 2.70. The summed E-state index contributed by atoms with van der Waals surface area (Å²) in [5.74, 6) is -0.194. The molecule has 0 aliphatic rings. The standard InChI is InChI=1S/C10H12N2O2/c1-2-10(14)11-12(8-13)9-6-4-3-5-7-9/h3-8H,2H2,1H3,(H,11,14). The molecule has 2 amide bonds. The van der Waals surface area contributed by atoms with Crippen LogP contribution in [0, 0.1) is 0 Å². The van der Waals surface area contributed by atoms with Gasteiger partial charge in [0.1, 0.15) is 0 Å². The van der Waals surface area contributed by atoms with Crippen molar-refractivity contribution in [1.29, 1.82) is 0 Å². The van der Waals surface area contributed by atoms with Crippen LogP contribution in [0.3, 0.4) is 0 Å². The largest absolute Gasteiger partial charge is 0.276 e. The summed E-state index contributed by atoms with van der Waals surface area (Å²) < 4.78 is 0. The SMILES string of the molecule is CCC(=O)NN(C=O)c1ccccc1. The number of amides is 2. The van der Waals surface area contributed by atoms with Crippen molar-refractivity contribution >= 4 is 18.0 Å². The van der Waals surface area contributed by atoms with Gasteiger partial charge in [0.05, 0.1) is 5.69 Å². The van der Waals surface area contributed by atoms with Crippen LogP contribution in [0.1, 0.15) is 13.3 Å². The Morgan fingerprint density at radius 1 is 1.43 bits per heavy atom. The van der Waals surface area contributed by atoms with E-state index in [-0.39, 0.29) is 5.91 Å². The first-order valence-electron chi connectivity index (χ1n) is 4.37. The van der Waals surface area contributed by atoms with E-state index in [1.54, 1.807) is 31.2 Å². The molecule has 0 aromatic heterocycles. The van der Waals surface area contributed by atoms with Crippen LogP contribution in [0.15, 0.2) is 30.3 Å². The summed E-state index contributed by atoms with van der Waals surface area (Å²) in [6.45, 7) is 1.73. The molecule has 0 aliphatic heterocycles. The molecular weight excluding hydrogens is 180 g/mol. The molecule has 1 aromatic rings. The Hall–Kier alpha value is -1.84. The average Bonchev–Trinajstić information content (AvgIpc) is 2.26. The van der Waals surface area contributed by atoms with Gasteiger partial charge in [-0.2, -0.15) is 0 Å². The van der Waals surface area contributed by atoms with E-state index in [1.807, 2.05) is 6.07 Å². The zero-order valence-electron chi connectivity index (χ0n) is 7.93. The maximum Gasteiger partial charge on any atom is 0.238 e. The van der Waals surface area contributed by atoms with E-state index in [0.29, 0.717) is 18.5 Å². The third-order valence-corrected chi connectivity index (χ3v) is 1.71. The first-order chi connectivity index (χ1) is 6.77. The van der Waals surface area contributed by atoms with E-state index in [0.717, 1.165) is 5.01 Å². The molecule has 0 heterocycles. The van der Waals surface area contributed by atoms with Gasteiger partial charge in [0.25, 0.3) is 0 Å². The van der Waals surface area contributed by atoms with Gasteiger partial charge in [-0.1, -0.05) is 25.1 Å². The first-order valence-corrected chi connectivity index (χ1v) is 4.37. The van der Waals surface area contributed by atoms with E-state index in [2.05, 4.69) is 5.43 Å². The highest BCUT2D eigenvalue weighted by molar-refractivity contribution is 5.84. The predicted molar refractivity (Wildman–Crippen MR) is 53.4 cm³/mol. The maximum absolute atomic E-state index is 11.0. The fraction of sp³-hybridized carbons (Fsp3) is 0.200. The number of anilines is 1. The highest BCUT2D eigenvalue weighted by Gasteiger charge is 2.06. The van der Waals surface area contributed by atoms with Crippen molar-refractivity contribution in [3.05, 3.63) is 30.3 Å². The molecule has 1 rings (SSSR count). The van der Waals surface area contributed by atoms with Crippen molar-refractivity contribution < 1.29 is 9.59 Å². The Morgan fingerprint density at radius 3 is 2.57 bits per heavy atom. The highest BCUT2D eigenvalue weighted by Crippen LogP contribution is 2.08. The smallest absolute Gasteiger partial charge is 0.238 e. The summed E-state index contributed by atoms with van der Waals surface area (Å²) in [6, 6.07) is 8.91. The second kappa shape index (κ2) is 5.01. The van der Waals surface area contributed by atoms with Gasteiger partial charge >= 0.3 is 0 Å². The van der Waals surface area contributed by atoms with Crippen molar-refractivity contribution in [3.8, 4) is 0 Å². The third-order valence-electron chi connectivity index (χ3n) is 1.71. The van der Waals surface area contributed by atoms with Gasteiger partial charge in [0.2, 0.25) is 12.3 Å². The monoisotopic (exact) mass is 192 g/mol. The van der Waals surface area contributed by atoms with Crippen LogP contribution in [-0.2, 0) is 9.59 Å². The van der Waals surface area contributed by atoms with E-state index < -0.39 is 0 Å². The molecule has 0 saturated carbocycles. The summed E-state index contributed by atoms with van der Waals surface area (Å²) >= 11 is 0. The van der Waals surface area contributed by atoms with Gasteiger partial charge in [-0.15, -0.1) is 0 Å². The Kier molecular flexibility index (Phi) is 3.67. The zero-order valence-corrected chi connectivity index (χ0v) is 7.93. The summed E-state index contributed by atoms with van der Waals surface area (Å²) in [5, 5.41) is 1.16. The lowest BCUT2D eigenvalue weighted by atomic mass is 10.3. The summed E-state index contributed by atoms with van der Waals surface area (Å²) in [5.41, 5.74) is 3.10. The molecule has 0 spiro atoms. The van der Waals surface area contributed by atoms with Gasteiger partial charge in [-0.25, -0.2) is 5.01 Å². The molecule has 14 heavy (non-hydrogen) atoms. The average molecular weight is 192 g/mol. The van der Waals surface area contributed by atoms with Gasteiger partial charge in [-0.3, -0.25) is 15.0 Å². The molecule has 0 saturated heterocycles. The van der Waals surface area contributed by atoms with E-state index in [1.165, 1.54) is 0 Å². The van der Waals surface area contributed by atoms with Crippen molar-refractivity contribution in [3.63, 3.8) is 0 Å². The topological polar surface area (TPSA) is 49.4 Å². The van der Waals surface area contributed by atoms with Gasteiger partial charge in [-0.05, 0) is 12.1 Å². The van der Waals surface area contributed by atoms with Gasteiger partial charge < -0.3 is 0 Å². The number of rotatable bonds is 4. The normalized spacial score (nSPS) is 9.21. The number of para-hydroxylation sites is 1. The van der Waals surface area contributed by atoms with Crippen LogP contribution in [0.2, 0.25) is 0 Å². The minimum Gasteiger partial charge on any atom is -0.276 e. The maximum atomic E-state index is 11.0. The van der Waals surface area contributed by atoms with Crippen LogP contribution in [0.5, 0.6) is 0 Å². The van der Waals surface area contributed by atoms with Crippen molar-refractivity contribution in [2.45, 2.75) is 13.3 Å². The van der Waals surface area contributed by atoms with E-state index in [9.17, 15) is 9.59 Å². The van der Waals surface area contributed by atoms with E-state index in [4.69, 9.17) is 0 Å². The molecule has 4 nitrogen and oxygen atoms in total. The molecule has 0 bridgehead atoms. The minimum atomic E-state index is -0.194. The third kappa shape index (κ3) is 2.58. The molecule has 1 aromatic carbocycles. The van der Waals surface area contributed by atoms with Crippen LogP contribution in [0.4, 0.5) is 5.69 Å². The molecule has 4 heteroatoms. The molecule has 1 N–H and O–H groups in total. The molecule has 0 unspecified atom stereocenters. The molecule has 0 fully saturated rings. The van der Waals surface area contributed by atoms with Crippen molar-refractivity contribution in [1.82, 2.24) is 5.43 Å². The number of carbonyl (C=O) groups excluding carboxylic acids is 2. The van der Waals surface area contributed by atoms with E-state index >= 15 is 0 Å². The minimum absolute atomic E-state index is 0.194. The number of nitrogens with zero attached hydrogens (tertiary/aromatic N) is 1. The Labute approximate surface area is 82.5 Å². The Morgan fingerprint density at radius 2 is 2.07 bits per heavy atom. The lowest BCUT2D eigenvalue weighted by Crippen LogP contribution is -2.41. The summed E-state index contributed by atoms with van der Waals surface area (Å²) in [7, 11) is 0. The lowest BCUT2D eigenvalue weighted by Gasteiger charge is -2.17. The fourth-order valence-corrected chi connectivity index (χ4v) is 0.954. The number of hydrogen-bond acceptors (Lipinski definition) is 2. The number of benzene rings is 1. The predicted octanol–water partition coefficient (Wildman–Crippen LogP) is 1.09. The number of nitrogens with one attached hydrogen (secondary N) is 1. The molecule has 74 valence electrons. The van der Waals surface area contributed by atoms with Crippen molar-refractivity contribution in [2.24, 2.45) is 0 Å². The van der Waals surface area contributed by atoms with Gasteiger partial charge in [0.15, 0.2) is 0 Å². The molecule has 0 aliphatic carbocycles. The lowest BCUT2D eigenvalue weighted by molar-refractivity contribution is -0.122. The second-order valence-corrected chi connectivity index (χ2v) is 2.70. The summed E-state index contributed by atoms with van der Waals surface area (Å²) in [6.07, 6.45) is 0.917. The van der Waals surface area contributed by atoms with Crippen LogP contribution < -0.4 is 10.4 Å². The zero-order chi connectivity index (χ0) is 10.4. The number of hydrogen-bond donors (Lipinski definition) is 1. The Balaban J connectivity index is 2.73. The number of hydrazine groups is 1. The molecular formula is C10H12N2O2. The number of carbonyl (C=O) groups is 2. The molecule has 0 atom stereocenters. The quantitative estimate of drug-likeness (QED) is 0.573. The van der Waals surface area contributed by atoms with Crippen molar-refractivity contribution in [2.75, 3.05) is 5.01 Å².